The van der Waals surface area contributed by atoms with Crippen molar-refractivity contribution in [3.05, 3.63) is 24.3 Å². The maximum atomic E-state index is 11.0. The first-order valence-electron chi connectivity index (χ1n) is 5.79. The largest absolute Gasteiger partial charge is 0.493 e. The third-order valence-electron chi connectivity index (χ3n) is 2.17. The average molecular weight is 236 g/mol. The van der Waals surface area contributed by atoms with E-state index >= 15 is 0 Å². The fourth-order valence-electron chi connectivity index (χ4n) is 1.20. The summed E-state index contributed by atoms with van der Waals surface area (Å²) in [6, 6.07) is 7.60. The highest BCUT2D eigenvalue weighted by molar-refractivity contribution is 5.80. The number of ether oxygens (including phenoxy) is 1. The molecule has 0 radical (unpaired) electrons. The molecule has 0 unspecified atom stereocenters. The summed E-state index contributed by atoms with van der Waals surface area (Å²) in [5.74, 6) is 1.33. The number of carbonyl (C=O) groups is 1. The Bertz CT molecular complexity index is 347. The lowest BCUT2D eigenvalue weighted by Gasteiger charge is -2.10. The van der Waals surface area contributed by atoms with Gasteiger partial charge in [0.1, 0.15) is 5.75 Å². The lowest BCUT2D eigenvalue weighted by Crippen LogP contribution is -2.26. The van der Waals surface area contributed by atoms with Gasteiger partial charge in [0.05, 0.1) is 13.2 Å². The zero-order valence-corrected chi connectivity index (χ0v) is 10.6. The standard InChI is InChI=1S/C13H20N2O2/c1-10(2)9-17-12-6-4-11(5-7-12)15-8-13(16)14-3/h4-7,10,15H,8-9H2,1-3H3,(H,14,16). The van der Waals surface area contributed by atoms with Gasteiger partial charge in [-0.15, -0.1) is 0 Å². The van der Waals surface area contributed by atoms with Crippen LogP contribution in [0.2, 0.25) is 0 Å². The third-order valence-corrected chi connectivity index (χ3v) is 2.17. The molecule has 0 aromatic heterocycles. The van der Waals surface area contributed by atoms with Crippen molar-refractivity contribution < 1.29 is 9.53 Å². The second-order valence-electron chi connectivity index (χ2n) is 4.26. The molecule has 0 aliphatic rings. The van der Waals surface area contributed by atoms with Crippen LogP contribution in [-0.4, -0.2) is 26.1 Å². The number of hydrogen-bond acceptors (Lipinski definition) is 3. The smallest absolute Gasteiger partial charge is 0.239 e. The van der Waals surface area contributed by atoms with Crippen molar-refractivity contribution in [1.82, 2.24) is 5.32 Å². The summed E-state index contributed by atoms with van der Waals surface area (Å²) < 4.78 is 5.56. The van der Waals surface area contributed by atoms with Gasteiger partial charge in [0.15, 0.2) is 0 Å². The molecule has 94 valence electrons. The van der Waals surface area contributed by atoms with Crippen LogP contribution < -0.4 is 15.4 Å². The number of rotatable bonds is 6. The zero-order valence-electron chi connectivity index (χ0n) is 10.6. The van der Waals surface area contributed by atoms with Crippen LogP contribution in [0.5, 0.6) is 5.75 Å². The first-order chi connectivity index (χ1) is 8.11. The quantitative estimate of drug-likeness (QED) is 0.793. The van der Waals surface area contributed by atoms with Gasteiger partial charge in [-0.3, -0.25) is 4.79 Å². The fourth-order valence-corrected chi connectivity index (χ4v) is 1.20. The molecule has 4 heteroatoms. The van der Waals surface area contributed by atoms with E-state index in [0.29, 0.717) is 12.5 Å². The van der Waals surface area contributed by atoms with E-state index in [0.717, 1.165) is 11.4 Å². The molecule has 2 N–H and O–H groups in total. The first-order valence-corrected chi connectivity index (χ1v) is 5.79. The van der Waals surface area contributed by atoms with Gasteiger partial charge in [-0.25, -0.2) is 0 Å². The van der Waals surface area contributed by atoms with E-state index in [1.54, 1.807) is 7.05 Å². The summed E-state index contributed by atoms with van der Waals surface area (Å²) in [5, 5.41) is 5.57. The molecule has 17 heavy (non-hydrogen) atoms. The topological polar surface area (TPSA) is 50.4 Å². The summed E-state index contributed by atoms with van der Waals surface area (Å²) >= 11 is 0. The minimum Gasteiger partial charge on any atom is -0.493 e. The summed E-state index contributed by atoms with van der Waals surface area (Å²) in [6.45, 7) is 5.21. The van der Waals surface area contributed by atoms with Gasteiger partial charge in [-0.2, -0.15) is 0 Å². The lowest BCUT2D eigenvalue weighted by atomic mass is 10.2. The monoisotopic (exact) mass is 236 g/mol. The van der Waals surface area contributed by atoms with E-state index in [4.69, 9.17) is 4.74 Å². The Morgan fingerprint density at radius 3 is 2.47 bits per heavy atom. The molecule has 0 aliphatic carbocycles. The Labute approximate surface area is 102 Å². The maximum absolute atomic E-state index is 11.0. The molecule has 0 saturated carbocycles. The second-order valence-corrected chi connectivity index (χ2v) is 4.26. The molecule has 1 aromatic carbocycles. The Kier molecular flexibility index (Phi) is 5.33. The third kappa shape index (κ3) is 5.24. The normalized spacial score (nSPS) is 10.1. The highest BCUT2D eigenvalue weighted by Crippen LogP contribution is 2.16. The van der Waals surface area contributed by atoms with E-state index in [9.17, 15) is 4.79 Å². The van der Waals surface area contributed by atoms with Crippen LogP contribution in [0.25, 0.3) is 0 Å². The number of benzene rings is 1. The van der Waals surface area contributed by atoms with Gasteiger partial charge in [-0.1, -0.05) is 13.8 Å². The Morgan fingerprint density at radius 1 is 1.29 bits per heavy atom. The van der Waals surface area contributed by atoms with Crippen molar-refractivity contribution in [2.45, 2.75) is 13.8 Å². The summed E-state index contributed by atoms with van der Waals surface area (Å²) in [6.07, 6.45) is 0. The van der Waals surface area contributed by atoms with E-state index in [1.807, 2.05) is 24.3 Å². The van der Waals surface area contributed by atoms with E-state index in [2.05, 4.69) is 24.5 Å². The number of amides is 1. The number of carbonyl (C=O) groups excluding carboxylic acids is 1. The van der Waals surface area contributed by atoms with Gasteiger partial charge in [0, 0.05) is 12.7 Å². The number of anilines is 1. The van der Waals surface area contributed by atoms with Crippen LogP contribution in [0.4, 0.5) is 5.69 Å². The molecule has 0 aliphatic heterocycles. The van der Waals surface area contributed by atoms with Crippen LogP contribution in [0.1, 0.15) is 13.8 Å². The van der Waals surface area contributed by atoms with E-state index in [-0.39, 0.29) is 12.5 Å². The molecule has 1 rings (SSSR count). The minimum absolute atomic E-state index is 0.0369. The predicted octanol–water partition coefficient (Wildman–Crippen LogP) is 1.88. The molecule has 4 nitrogen and oxygen atoms in total. The molecular weight excluding hydrogens is 216 g/mol. The van der Waals surface area contributed by atoms with Gasteiger partial charge in [-0.05, 0) is 30.2 Å². The highest BCUT2D eigenvalue weighted by Gasteiger charge is 1.99. The highest BCUT2D eigenvalue weighted by atomic mass is 16.5. The van der Waals surface area contributed by atoms with Crippen molar-refractivity contribution in [1.29, 1.82) is 0 Å². The molecule has 0 fully saturated rings. The molecule has 0 saturated heterocycles. The van der Waals surface area contributed by atoms with Crippen LogP contribution in [0.15, 0.2) is 24.3 Å². The van der Waals surface area contributed by atoms with Crippen molar-refractivity contribution in [2.75, 3.05) is 25.5 Å². The van der Waals surface area contributed by atoms with Crippen molar-refractivity contribution >= 4 is 11.6 Å². The Morgan fingerprint density at radius 2 is 1.94 bits per heavy atom. The molecule has 0 bridgehead atoms. The zero-order chi connectivity index (χ0) is 12.7. The molecule has 0 atom stereocenters. The molecule has 0 heterocycles. The van der Waals surface area contributed by atoms with E-state index in [1.165, 1.54) is 0 Å². The maximum Gasteiger partial charge on any atom is 0.239 e. The Balaban J connectivity index is 2.42. The summed E-state index contributed by atoms with van der Waals surface area (Å²) in [4.78, 5) is 11.0. The van der Waals surface area contributed by atoms with Crippen LogP contribution >= 0.6 is 0 Å². The van der Waals surface area contributed by atoms with Gasteiger partial charge in [0.2, 0.25) is 5.91 Å². The van der Waals surface area contributed by atoms with Gasteiger partial charge in [0.25, 0.3) is 0 Å². The van der Waals surface area contributed by atoms with Crippen LogP contribution in [-0.2, 0) is 4.79 Å². The second kappa shape index (κ2) is 6.78. The van der Waals surface area contributed by atoms with Crippen molar-refractivity contribution in [3.63, 3.8) is 0 Å². The summed E-state index contributed by atoms with van der Waals surface area (Å²) in [5.41, 5.74) is 0.908. The fraction of sp³-hybridized carbons (Fsp3) is 0.462. The van der Waals surface area contributed by atoms with Gasteiger partial charge >= 0.3 is 0 Å². The van der Waals surface area contributed by atoms with Crippen LogP contribution in [0, 0.1) is 5.92 Å². The van der Waals surface area contributed by atoms with Gasteiger partial charge < -0.3 is 15.4 Å². The SMILES string of the molecule is CNC(=O)CNc1ccc(OCC(C)C)cc1. The van der Waals surface area contributed by atoms with Crippen molar-refractivity contribution in [2.24, 2.45) is 5.92 Å². The first kappa shape index (κ1) is 13.4. The lowest BCUT2D eigenvalue weighted by molar-refractivity contribution is -0.118. The van der Waals surface area contributed by atoms with Crippen LogP contribution in [0.3, 0.4) is 0 Å². The molecule has 1 aromatic rings. The number of likely N-dealkylation sites (N-methyl/N-ethyl adjacent to an activating group) is 1. The average Bonchev–Trinajstić information content (AvgIpc) is 2.34. The molecular formula is C13H20N2O2. The summed E-state index contributed by atoms with van der Waals surface area (Å²) in [7, 11) is 1.62. The molecule has 1 amide bonds. The van der Waals surface area contributed by atoms with E-state index < -0.39 is 0 Å². The molecule has 0 spiro atoms. The van der Waals surface area contributed by atoms with Crippen molar-refractivity contribution in [3.8, 4) is 5.75 Å². The number of hydrogen-bond donors (Lipinski definition) is 2. The minimum atomic E-state index is -0.0369. The predicted molar refractivity (Wildman–Crippen MR) is 69.3 cm³/mol. The Hall–Kier alpha value is -1.71. The number of nitrogens with one attached hydrogen (secondary N) is 2.